The van der Waals surface area contributed by atoms with Gasteiger partial charge < -0.3 is 0 Å². The third kappa shape index (κ3) is 3.17. The molecule has 1 N–H and O–H groups in total. The van der Waals surface area contributed by atoms with Gasteiger partial charge in [0.1, 0.15) is 0 Å². The van der Waals surface area contributed by atoms with Crippen LogP contribution in [0.3, 0.4) is 0 Å². The van der Waals surface area contributed by atoms with Crippen molar-refractivity contribution in [2.45, 2.75) is 0 Å². The van der Waals surface area contributed by atoms with E-state index in [1.807, 2.05) is 0 Å². The van der Waals surface area contributed by atoms with Gasteiger partial charge in [-0.05, 0) is 0 Å². The summed E-state index contributed by atoms with van der Waals surface area (Å²) in [5.41, 5.74) is 0. The molecule has 2 nitrogen and oxygen atoms in total. The summed E-state index contributed by atoms with van der Waals surface area (Å²) in [4.78, 5) is 9.59. The number of halogens is 3. The predicted octanol–water partition coefficient (Wildman–Crippen LogP) is 2.63. The van der Waals surface area contributed by atoms with Crippen molar-refractivity contribution in [3.05, 3.63) is 0 Å². The van der Waals surface area contributed by atoms with E-state index in [0.29, 0.717) is 0 Å². The van der Waals surface area contributed by atoms with Crippen LogP contribution in [0.1, 0.15) is 0 Å². The second kappa shape index (κ2) is 3.04. The van der Waals surface area contributed by atoms with Gasteiger partial charge in [-0.2, -0.15) is 0 Å². The number of hydrogen-bond acceptors (Lipinski definition) is 1. The summed E-state index contributed by atoms with van der Waals surface area (Å²) in [5.74, 6) is 0. The Morgan fingerprint density at radius 3 is 2.17 bits per heavy atom. The molecule has 0 amide bonds. The number of hydrogen-bond donors (Lipinski definition) is 1. The third-order valence-electron chi connectivity index (χ3n) is 0.122. The molecule has 0 aromatic carbocycles. The Balaban J connectivity index is 3.26. The van der Waals surface area contributed by atoms with Gasteiger partial charge in [0.2, 0.25) is 0 Å². The van der Waals surface area contributed by atoms with E-state index >= 15 is 0 Å². The van der Waals surface area contributed by atoms with Gasteiger partial charge in [0, 0.05) is 0 Å². The molecule has 38 valence electrons. The maximum absolute atomic E-state index is 9.59. The summed E-state index contributed by atoms with van der Waals surface area (Å²) in [7, 11) is 5.09. The van der Waals surface area contributed by atoms with Crippen LogP contribution in [-0.2, 0) is 0 Å². The molecule has 0 aromatic rings. The average molecular weight is 287 g/mol. The van der Waals surface area contributed by atoms with Crippen LogP contribution in [0.2, 0.25) is 0 Å². The standard InChI is InChI=1S/CHBrClIO2/c2-4(3)1(5)6/h(H,5,6). The van der Waals surface area contributed by atoms with E-state index in [1.54, 1.807) is 0 Å². The SMILES string of the molecule is O=C(O)I(Cl)Br. The first-order chi connectivity index (χ1) is 2.64. The first-order valence-corrected chi connectivity index (χ1v) is 9.55. The molecule has 0 saturated heterocycles. The zero-order valence-electron chi connectivity index (χ0n) is 2.49. The Hall–Kier alpha value is 0.970. The second-order valence-electron chi connectivity index (χ2n) is 0.450. The van der Waals surface area contributed by atoms with Crippen molar-refractivity contribution in [1.82, 2.24) is 0 Å². The maximum atomic E-state index is 9.59. The molecule has 6 heavy (non-hydrogen) atoms. The van der Waals surface area contributed by atoms with Crippen LogP contribution < -0.4 is 0 Å². The Morgan fingerprint density at radius 1 is 2.00 bits per heavy atom. The van der Waals surface area contributed by atoms with E-state index in [0.717, 1.165) is 0 Å². The van der Waals surface area contributed by atoms with E-state index in [9.17, 15) is 4.79 Å². The predicted molar refractivity (Wildman–Crippen MR) is 36.8 cm³/mol. The minimum atomic E-state index is -2.18. The van der Waals surface area contributed by atoms with Crippen molar-refractivity contribution in [2.24, 2.45) is 0 Å². The van der Waals surface area contributed by atoms with E-state index in [-0.39, 0.29) is 0 Å². The van der Waals surface area contributed by atoms with Gasteiger partial charge >= 0.3 is 51.9 Å². The van der Waals surface area contributed by atoms with Crippen LogP contribution in [0.15, 0.2) is 0 Å². The van der Waals surface area contributed by atoms with Crippen LogP contribution in [0.5, 0.6) is 0 Å². The summed E-state index contributed by atoms with van der Waals surface area (Å²) in [6.07, 6.45) is 0. The van der Waals surface area contributed by atoms with Crippen LogP contribution in [0.25, 0.3) is 0 Å². The molecule has 0 unspecified atom stereocenters. The fraction of sp³-hybridized carbons (Fsp3) is 0. The Morgan fingerprint density at radius 2 is 2.17 bits per heavy atom. The molecule has 0 atom stereocenters. The average Bonchev–Trinajstić information content (AvgIpc) is 1.36. The Bertz CT molecular complexity index is 64.6. The fourth-order valence-electron chi connectivity index (χ4n) is 0. The third-order valence-corrected chi connectivity index (χ3v) is 3.36. The van der Waals surface area contributed by atoms with Crippen LogP contribution in [-0.4, -0.2) is 9.08 Å². The molecule has 0 aliphatic carbocycles. The molecule has 0 aliphatic heterocycles. The van der Waals surface area contributed by atoms with Crippen molar-refractivity contribution in [3.63, 3.8) is 0 Å². The van der Waals surface area contributed by atoms with Crippen LogP contribution in [0, 0.1) is 0 Å². The van der Waals surface area contributed by atoms with E-state index in [2.05, 4.69) is 12.7 Å². The molecule has 0 bridgehead atoms. The quantitative estimate of drug-likeness (QED) is 0.594. The molecule has 0 aromatic heterocycles. The van der Waals surface area contributed by atoms with Gasteiger partial charge in [0.25, 0.3) is 0 Å². The van der Waals surface area contributed by atoms with Crippen molar-refractivity contribution < 1.29 is 9.90 Å². The fourth-order valence-corrected chi connectivity index (χ4v) is 0. The Labute approximate surface area is 51.7 Å². The van der Waals surface area contributed by atoms with Crippen molar-refractivity contribution in [2.75, 3.05) is 0 Å². The van der Waals surface area contributed by atoms with Crippen molar-refractivity contribution in [1.29, 1.82) is 0 Å². The van der Waals surface area contributed by atoms with E-state index in [1.165, 1.54) is 0 Å². The van der Waals surface area contributed by atoms with E-state index in [4.69, 9.17) is 14.0 Å². The first kappa shape index (κ1) is 6.97. The van der Waals surface area contributed by atoms with Crippen molar-refractivity contribution in [3.8, 4) is 0 Å². The zero-order chi connectivity index (χ0) is 5.15. The van der Waals surface area contributed by atoms with E-state index < -0.39 is 20.4 Å². The van der Waals surface area contributed by atoms with Gasteiger partial charge in [-0.15, -0.1) is 0 Å². The molecule has 0 radical (unpaired) electrons. The monoisotopic (exact) mass is 286 g/mol. The first-order valence-electron chi connectivity index (χ1n) is 0.902. The number of carboxylic acid groups (broad SMARTS) is 1. The Kier molecular flexibility index (Phi) is 3.53. The molecule has 0 fully saturated rings. The molecule has 0 heterocycles. The van der Waals surface area contributed by atoms with Crippen LogP contribution >= 0.6 is 38.1 Å². The van der Waals surface area contributed by atoms with Gasteiger partial charge in [-0.25, -0.2) is 0 Å². The van der Waals surface area contributed by atoms with Crippen LogP contribution in [0.4, 0.5) is 4.79 Å². The van der Waals surface area contributed by atoms with Gasteiger partial charge in [0.05, 0.1) is 0 Å². The van der Waals surface area contributed by atoms with Crippen molar-refractivity contribution >= 4 is 42.0 Å². The summed E-state index contributed by atoms with van der Waals surface area (Å²) in [5, 5.41) is 7.88. The summed E-state index contributed by atoms with van der Waals surface area (Å²) in [6.45, 7) is 0. The number of carbonyl (C=O) groups is 1. The summed E-state index contributed by atoms with van der Waals surface area (Å²) in [6, 6.07) is 0. The normalized spacial score (nSPS) is 10.7. The molecule has 5 heteroatoms. The molecule has 0 aliphatic rings. The molecular formula is CHBrClIO2. The number of rotatable bonds is 1. The minimum absolute atomic E-state index is 0.902. The molecule has 0 rings (SSSR count). The van der Waals surface area contributed by atoms with Gasteiger partial charge in [-0.1, -0.05) is 0 Å². The molecule has 0 spiro atoms. The summed E-state index contributed by atoms with van der Waals surface area (Å²) < 4.78 is -0.902. The van der Waals surface area contributed by atoms with Gasteiger partial charge in [-0.3, -0.25) is 0 Å². The molecule has 0 saturated carbocycles. The zero-order valence-corrected chi connectivity index (χ0v) is 6.99. The van der Waals surface area contributed by atoms with Gasteiger partial charge in [0.15, 0.2) is 0 Å². The second-order valence-corrected chi connectivity index (χ2v) is 10.7. The topological polar surface area (TPSA) is 37.3 Å². The summed E-state index contributed by atoms with van der Waals surface area (Å²) >= 11 is 0.579. The molecular weight excluding hydrogens is 286 g/mol.